The molecule has 3 rings (SSSR count). The molecule has 26 heavy (non-hydrogen) atoms. The summed E-state index contributed by atoms with van der Waals surface area (Å²) < 4.78 is 18.5. The predicted octanol–water partition coefficient (Wildman–Crippen LogP) is 3.58. The van der Waals surface area contributed by atoms with Gasteiger partial charge in [-0.1, -0.05) is 13.8 Å². The Bertz CT molecular complexity index is 731. The number of oxazole rings is 1. The molecule has 0 spiro atoms. The van der Waals surface area contributed by atoms with E-state index in [9.17, 15) is 4.39 Å². The standard InChI is InChI=1S/C20H27FN4O/c1-14-10-15(2)12-25(11-14)20(22-3)23-9-8-18-13-26-19(24-18)16-4-6-17(21)7-5-16/h4-7,13-15H,8-12H2,1-3H3,(H,22,23). The summed E-state index contributed by atoms with van der Waals surface area (Å²) in [5.74, 6) is 2.57. The fourth-order valence-electron chi connectivity index (χ4n) is 3.62. The molecule has 6 heteroatoms. The Balaban J connectivity index is 1.53. The van der Waals surface area contributed by atoms with Crippen LogP contribution in [-0.4, -0.2) is 42.5 Å². The molecule has 0 saturated carbocycles. The second-order valence-electron chi connectivity index (χ2n) is 7.23. The molecule has 2 aromatic rings. The molecule has 0 amide bonds. The van der Waals surface area contributed by atoms with Gasteiger partial charge in [0.05, 0.1) is 5.69 Å². The SMILES string of the molecule is CN=C(NCCc1coc(-c2ccc(F)cc2)n1)N1CC(C)CC(C)C1. The smallest absolute Gasteiger partial charge is 0.226 e. The topological polar surface area (TPSA) is 53.7 Å². The van der Waals surface area contributed by atoms with Gasteiger partial charge in [-0.15, -0.1) is 0 Å². The minimum atomic E-state index is -0.266. The highest BCUT2D eigenvalue weighted by Crippen LogP contribution is 2.21. The molecule has 2 unspecified atom stereocenters. The fraction of sp³-hybridized carbons (Fsp3) is 0.500. The molecule has 0 aliphatic carbocycles. The molecule has 2 heterocycles. The van der Waals surface area contributed by atoms with E-state index >= 15 is 0 Å². The van der Waals surface area contributed by atoms with E-state index in [1.165, 1.54) is 18.6 Å². The number of halogens is 1. The van der Waals surface area contributed by atoms with E-state index in [0.29, 0.717) is 17.7 Å². The minimum absolute atomic E-state index is 0.266. The average Bonchev–Trinajstić information content (AvgIpc) is 3.07. The Morgan fingerprint density at radius 3 is 2.62 bits per heavy atom. The molecule has 1 fully saturated rings. The molecule has 140 valence electrons. The lowest BCUT2D eigenvalue weighted by Gasteiger charge is -2.37. The van der Waals surface area contributed by atoms with Crippen molar-refractivity contribution < 1.29 is 8.81 Å². The van der Waals surface area contributed by atoms with Crippen LogP contribution in [0.2, 0.25) is 0 Å². The zero-order chi connectivity index (χ0) is 18.5. The largest absolute Gasteiger partial charge is 0.444 e. The number of aliphatic imine (C=N–C) groups is 1. The van der Waals surface area contributed by atoms with E-state index in [-0.39, 0.29) is 5.82 Å². The van der Waals surface area contributed by atoms with Crippen LogP contribution in [0, 0.1) is 17.7 Å². The average molecular weight is 358 g/mol. The van der Waals surface area contributed by atoms with Gasteiger partial charge >= 0.3 is 0 Å². The van der Waals surface area contributed by atoms with Crippen molar-refractivity contribution in [3.05, 3.63) is 42.0 Å². The molecule has 1 aromatic heterocycles. The third-order valence-electron chi connectivity index (χ3n) is 4.69. The molecular formula is C20H27FN4O. The van der Waals surface area contributed by atoms with Crippen LogP contribution in [0.5, 0.6) is 0 Å². The third-order valence-corrected chi connectivity index (χ3v) is 4.69. The summed E-state index contributed by atoms with van der Waals surface area (Å²) >= 11 is 0. The number of piperidine rings is 1. The van der Waals surface area contributed by atoms with Crippen LogP contribution >= 0.6 is 0 Å². The number of rotatable bonds is 4. The summed E-state index contributed by atoms with van der Waals surface area (Å²) in [5.41, 5.74) is 1.64. The maximum atomic E-state index is 13.0. The van der Waals surface area contributed by atoms with Gasteiger partial charge in [-0.3, -0.25) is 4.99 Å². The van der Waals surface area contributed by atoms with E-state index in [0.717, 1.165) is 43.3 Å². The van der Waals surface area contributed by atoms with Gasteiger partial charge in [0.25, 0.3) is 0 Å². The molecule has 0 radical (unpaired) electrons. The Morgan fingerprint density at radius 1 is 1.27 bits per heavy atom. The van der Waals surface area contributed by atoms with Crippen molar-refractivity contribution >= 4 is 5.96 Å². The Hall–Kier alpha value is -2.37. The summed E-state index contributed by atoms with van der Waals surface area (Å²) in [7, 11) is 1.83. The molecule has 5 nitrogen and oxygen atoms in total. The summed E-state index contributed by atoms with van der Waals surface area (Å²) in [5, 5.41) is 3.43. The van der Waals surface area contributed by atoms with Gasteiger partial charge in [-0.25, -0.2) is 9.37 Å². The van der Waals surface area contributed by atoms with Crippen molar-refractivity contribution in [2.45, 2.75) is 26.7 Å². The van der Waals surface area contributed by atoms with Crippen molar-refractivity contribution in [1.29, 1.82) is 0 Å². The van der Waals surface area contributed by atoms with Crippen molar-refractivity contribution in [3.8, 4) is 11.5 Å². The van der Waals surface area contributed by atoms with E-state index in [1.807, 2.05) is 7.05 Å². The molecule has 2 atom stereocenters. The van der Waals surface area contributed by atoms with Crippen LogP contribution in [0.4, 0.5) is 4.39 Å². The lowest BCUT2D eigenvalue weighted by Crippen LogP contribution is -2.48. The van der Waals surface area contributed by atoms with Gasteiger partial charge in [0.15, 0.2) is 5.96 Å². The summed E-state index contributed by atoms with van der Waals surface area (Å²) in [6.45, 7) is 7.41. The predicted molar refractivity (Wildman–Crippen MR) is 101 cm³/mol. The lowest BCUT2D eigenvalue weighted by molar-refractivity contribution is 0.208. The van der Waals surface area contributed by atoms with Crippen LogP contribution < -0.4 is 5.32 Å². The summed E-state index contributed by atoms with van der Waals surface area (Å²) in [4.78, 5) is 11.3. The molecule has 0 bridgehead atoms. The van der Waals surface area contributed by atoms with Gasteiger partial charge in [-0.2, -0.15) is 0 Å². The van der Waals surface area contributed by atoms with Gasteiger partial charge in [0.1, 0.15) is 12.1 Å². The first-order chi connectivity index (χ1) is 12.5. The molecule has 1 saturated heterocycles. The van der Waals surface area contributed by atoms with Gasteiger partial charge in [-0.05, 0) is 42.5 Å². The number of hydrogen-bond donors (Lipinski definition) is 1. The van der Waals surface area contributed by atoms with Crippen LogP contribution in [0.15, 0.2) is 39.9 Å². The zero-order valence-electron chi connectivity index (χ0n) is 15.7. The monoisotopic (exact) mass is 358 g/mol. The van der Waals surface area contributed by atoms with Crippen LogP contribution in [-0.2, 0) is 6.42 Å². The van der Waals surface area contributed by atoms with Crippen molar-refractivity contribution in [3.63, 3.8) is 0 Å². The molecular weight excluding hydrogens is 331 g/mol. The first-order valence-electron chi connectivity index (χ1n) is 9.21. The molecule has 1 aromatic carbocycles. The molecule has 1 N–H and O–H groups in total. The quantitative estimate of drug-likeness (QED) is 0.670. The normalized spacial score (nSPS) is 21.1. The highest BCUT2D eigenvalue weighted by molar-refractivity contribution is 5.80. The number of likely N-dealkylation sites (tertiary alicyclic amines) is 1. The zero-order valence-corrected chi connectivity index (χ0v) is 15.7. The second-order valence-corrected chi connectivity index (χ2v) is 7.23. The Kier molecular flexibility index (Phi) is 5.91. The van der Waals surface area contributed by atoms with Crippen LogP contribution in [0.25, 0.3) is 11.5 Å². The van der Waals surface area contributed by atoms with E-state index < -0.39 is 0 Å². The third kappa shape index (κ3) is 4.62. The maximum Gasteiger partial charge on any atom is 0.226 e. The van der Waals surface area contributed by atoms with E-state index in [4.69, 9.17) is 4.42 Å². The van der Waals surface area contributed by atoms with Gasteiger partial charge in [0, 0.05) is 38.7 Å². The highest BCUT2D eigenvalue weighted by atomic mass is 19.1. The van der Waals surface area contributed by atoms with E-state index in [1.54, 1.807) is 18.4 Å². The lowest BCUT2D eigenvalue weighted by atomic mass is 9.92. The number of benzene rings is 1. The Labute approximate surface area is 154 Å². The highest BCUT2D eigenvalue weighted by Gasteiger charge is 2.23. The van der Waals surface area contributed by atoms with Crippen LogP contribution in [0.1, 0.15) is 26.0 Å². The number of aromatic nitrogens is 1. The maximum absolute atomic E-state index is 13.0. The van der Waals surface area contributed by atoms with Gasteiger partial charge in [0.2, 0.25) is 5.89 Å². The van der Waals surface area contributed by atoms with Gasteiger partial charge < -0.3 is 14.6 Å². The second kappa shape index (κ2) is 8.34. The van der Waals surface area contributed by atoms with Crippen molar-refractivity contribution in [2.24, 2.45) is 16.8 Å². The molecule has 1 aliphatic heterocycles. The number of nitrogens with one attached hydrogen (secondary N) is 1. The van der Waals surface area contributed by atoms with Crippen molar-refractivity contribution in [1.82, 2.24) is 15.2 Å². The minimum Gasteiger partial charge on any atom is -0.444 e. The fourth-order valence-corrected chi connectivity index (χ4v) is 3.62. The summed E-state index contributed by atoms with van der Waals surface area (Å²) in [6.07, 6.45) is 3.68. The Morgan fingerprint density at radius 2 is 1.96 bits per heavy atom. The summed E-state index contributed by atoms with van der Waals surface area (Å²) in [6, 6.07) is 6.16. The van der Waals surface area contributed by atoms with Crippen LogP contribution in [0.3, 0.4) is 0 Å². The first kappa shape index (κ1) is 18.4. The number of guanidine groups is 1. The first-order valence-corrected chi connectivity index (χ1v) is 9.21. The molecule has 1 aliphatic rings. The van der Waals surface area contributed by atoms with Crippen molar-refractivity contribution in [2.75, 3.05) is 26.7 Å². The number of hydrogen-bond acceptors (Lipinski definition) is 3. The number of nitrogens with zero attached hydrogens (tertiary/aromatic N) is 3. The van der Waals surface area contributed by atoms with E-state index in [2.05, 4.69) is 34.0 Å².